The lowest BCUT2D eigenvalue weighted by Crippen LogP contribution is -2.37. The molecule has 2 N–H and O–H groups in total. The van der Waals surface area contributed by atoms with Crippen molar-refractivity contribution >= 4 is 19.8 Å². The van der Waals surface area contributed by atoms with Crippen molar-refractivity contribution in [2.75, 3.05) is 47.5 Å². The highest BCUT2D eigenvalue weighted by Crippen LogP contribution is 2.38. The Morgan fingerprint density at radius 2 is 1.12 bits per heavy atom. The summed E-state index contributed by atoms with van der Waals surface area (Å²) in [5.74, 6) is -1.14. The average molecular weight is 862 g/mol. The summed E-state index contributed by atoms with van der Waals surface area (Å²) in [7, 11) is 0.985. The van der Waals surface area contributed by atoms with Gasteiger partial charge in [-0.05, 0) is 70.6 Å². The SMILES string of the molecule is CCCCC/C=C\C/C=C\C/C=C\C/C=C\CCCC(=O)O[C@H](COC(=O)CCC[C@@H](O)/C=C/C=C\C/C=C\C=C\[C@@H](O)CCCCC)COP(=O)([O-])OCC[N+](C)(C)C. The van der Waals surface area contributed by atoms with Gasteiger partial charge in [-0.1, -0.05) is 143 Å². The third kappa shape index (κ3) is 41.6. The van der Waals surface area contributed by atoms with E-state index in [0.29, 0.717) is 43.1 Å². The molecule has 0 fully saturated rings. The summed E-state index contributed by atoms with van der Waals surface area (Å²) in [4.78, 5) is 37.5. The molecule has 0 amide bonds. The maximum Gasteiger partial charge on any atom is 0.306 e. The van der Waals surface area contributed by atoms with Crippen LogP contribution in [0.2, 0.25) is 0 Å². The highest BCUT2D eigenvalue weighted by molar-refractivity contribution is 7.45. The molecule has 0 aromatic heterocycles. The van der Waals surface area contributed by atoms with Gasteiger partial charge in [0.25, 0.3) is 7.82 Å². The van der Waals surface area contributed by atoms with Gasteiger partial charge < -0.3 is 38.1 Å². The van der Waals surface area contributed by atoms with Gasteiger partial charge in [0.2, 0.25) is 0 Å². The monoisotopic (exact) mass is 862 g/mol. The number of aliphatic hydroxyl groups is 2. The molecule has 0 aromatic rings. The van der Waals surface area contributed by atoms with E-state index in [1.54, 1.807) is 18.2 Å². The maximum absolute atomic E-state index is 12.7. The van der Waals surface area contributed by atoms with E-state index in [1.165, 1.54) is 19.3 Å². The van der Waals surface area contributed by atoms with Gasteiger partial charge in [-0.3, -0.25) is 14.2 Å². The molecular formula is C48H80NO10P. The molecule has 0 saturated heterocycles. The van der Waals surface area contributed by atoms with Gasteiger partial charge in [-0.2, -0.15) is 0 Å². The number of aliphatic hydroxyl groups excluding tert-OH is 2. The van der Waals surface area contributed by atoms with Gasteiger partial charge in [0.15, 0.2) is 6.10 Å². The number of unbranched alkanes of at least 4 members (excludes halogenated alkanes) is 6. The first-order valence-corrected chi connectivity index (χ1v) is 23.6. The number of carbonyl (C=O) groups is 2. The summed E-state index contributed by atoms with van der Waals surface area (Å²) in [5.41, 5.74) is 0. The van der Waals surface area contributed by atoms with Crippen molar-refractivity contribution in [3.8, 4) is 0 Å². The normalized spacial score (nSPS) is 15.5. The number of phosphoric acid groups is 1. The van der Waals surface area contributed by atoms with E-state index in [1.807, 2.05) is 63.7 Å². The summed E-state index contributed by atoms with van der Waals surface area (Å²) in [6.45, 7) is 3.74. The first-order valence-electron chi connectivity index (χ1n) is 22.2. The van der Waals surface area contributed by atoms with Crippen LogP contribution in [-0.4, -0.2) is 92.5 Å². The van der Waals surface area contributed by atoms with Gasteiger partial charge in [0, 0.05) is 12.8 Å². The van der Waals surface area contributed by atoms with E-state index in [2.05, 4.69) is 50.3 Å². The Balaban J connectivity index is 4.71. The Morgan fingerprint density at radius 1 is 0.617 bits per heavy atom. The van der Waals surface area contributed by atoms with Crippen molar-refractivity contribution in [3.63, 3.8) is 0 Å². The van der Waals surface area contributed by atoms with Crippen LogP contribution in [0.15, 0.2) is 97.2 Å². The molecule has 11 nitrogen and oxygen atoms in total. The summed E-state index contributed by atoms with van der Waals surface area (Å²) >= 11 is 0. The molecule has 0 radical (unpaired) electrons. The number of hydrogen-bond donors (Lipinski definition) is 2. The van der Waals surface area contributed by atoms with Gasteiger partial charge in [0.1, 0.15) is 19.8 Å². The molecule has 0 aliphatic rings. The van der Waals surface area contributed by atoms with Crippen molar-refractivity contribution in [3.05, 3.63) is 97.2 Å². The fourth-order valence-corrected chi connectivity index (χ4v) is 5.94. The Labute approximate surface area is 363 Å². The van der Waals surface area contributed by atoms with Crippen LogP contribution in [0.4, 0.5) is 0 Å². The summed E-state index contributed by atoms with van der Waals surface area (Å²) in [6, 6.07) is 0. The highest BCUT2D eigenvalue weighted by Gasteiger charge is 2.21. The van der Waals surface area contributed by atoms with Crippen molar-refractivity contribution in [1.82, 2.24) is 0 Å². The molecule has 12 heteroatoms. The molecule has 0 aliphatic heterocycles. The zero-order valence-electron chi connectivity index (χ0n) is 37.6. The lowest BCUT2D eigenvalue weighted by Gasteiger charge is -2.28. The highest BCUT2D eigenvalue weighted by atomic mass is 31.2. The molecule has 0 bridgehead atoms. The Hall–Kier alpha value is -3.15. The third-order valence-corrected chi connectivity index (χ3v) is 9.75. The molecule has 0 spiro atoms. The minimum atomic E-state index is -4.70. The predicted molar refractivity (Wildman–Crippen MR) is 243 cm³/mol. The minimum Gasteiger partial charge on any atom is -0.756 e. The molecular weight excluding hydrogens is 781 g/mol. The molecule has 0 heterocycles. The van der Waals surface area contributed by atoms with Crippen molar-refractivity contribution in [2.45, 2.75) is 148 Å². The second-order valence-electron chi connectivity index (χ2n) is 15.8. The zero-order chi connectivity index (χ0) is 44.6. The van der Waals surface area contributed by atoms with Crippen molar-refractivity contribution in [1.29, 1.82) is 0 Å². The number of esters is 2. The standard InChI is InChI=1S/C48H80NO10P/c1-6-8-10-11-12-13-14-15-16-17-18-19-20-21-25-28-32-38-48(53)59-46(43-58-60(54,55)57-41-40-49(3,4)5)42-56-47(52)39-33-37-45(51)36-31-27-24-22-23-26-30-35-44(50)34-29-9-7-2/h12-13,15-16,18-19,21,23-27,30-31,35-36,44-46,50-51H,6-11,14,17,20,22,28-29,32-34,37-43H2,1-5H3/b13-12-,16-15-,19-18-,25-21-,26-23-,27-24-,35-30+,36-31+/t44-,45-,46+/m0/s1. The lowest BCUT2D eigenvalue weighted by molar-refractivity contribution is -0.870. The number of carbonyl (C=O) groups excluding carboxylic acids is 2. The van der Waals surface area contributed by atoms with Crippen LogP contribution in [0.3, 0.4) is 0 Å². The number of rotatable bonds is 38. The summed E-state index contributed by atoms with van der Waals surface area (Å²) in [5, 5.41) is 20.2. The van der Waals surface area contributed by atoms with E-state index in [4.69, 9.17) is 18.5 Å². The van der Waals surface area contributed by atoms with Crippen LogP contribution in [0.5, 0.6) is 0 Å². The Bertz CT molecular complexity index is 1380. The summed E-state index contributed by atoms with van der Waals surface area (Å²) in [6.07, 6.45) is 43.7. The second-order valence-corrected chi connectivity index (χ2v) is 17.2. The fraction of sp³-hybridized carbons (Fsp3) is 0.625. The van der Waals surface area contributed by atoms with E-state index < -0.39 is 51.3 Å². The minimum absolute atomic E-state index is 0.0111. The van der Waals surface area contributed by atoms with Crippen molar-refractivity contribution < 1.29 is 52.3 Å². The van der Waals surface area contributed by atoms with Gasteiger partial charge >= 0.3 is 11.9 Å². The molecule has 1 unspecified atom stereocenters. The average Bonchev–Trinajstić information content (AvgIpc) is 3.19. The molecule has 342 valence electrons. The summed E-state index contributed by atoms with van der Waals surface area (Å²) < 4.78 is 33.6. The predicted octanol–water partition coefficient (Wildman–Crippen LogP) is 9.88. The van der Waals surface area contributed by atoms with Crippen molar-refractivity contribution in [2.24, 2.45) is 0 Å². The molecule has 0 rings (SSSR count). The number of likely N-dealkylation sites (N-methyl/N-ethyl adjacent to an activating group) is 1. The second kappa shape index (κ2) is 38.7. The number of allylic oxidation sites excluding steroid dienone is 14. The lowest BCUT2D eigenvalue weighted by atomic mass is 10.1. The van der Waals surface area contributed by atoms with E-state index in [0.717, 1.165) is 51.4 Å². The van der Waals surface area contributed by atoms with Crippen LogP contribution in [0, 0.1) is 0 Å². The largest absolute Gasteiger partial charge is 0.756 e. The van der Waals surface area contributed by atoms with Crippen LogP contribution in [-0.2, 0) is 32.7 Å². The van der Waals surface area contributed by atoms with E-state index in [-0.39, 0.29) is 19.4 Å². The first kappa shape index (κ1) is 56.9. The molecule has 0 aliphatic carbocycles. The maximum atomic E-state index is 12.7. The number of phosphoric ester groups is 1. The number of quaternary nitrogens is 1. The van der Waals surface area contributed by atoms with E-state index in [9.17, 15) is 29.3 Å². The zero-order valence-corrected chi connectivity index (χ0v) is 38.5. The first-order chi connectivity index (χ1) is 28.8. The molecule has 60 heavy (non-hydrogen) atoms. The van der Waals surface area contributed by atoms with Crippen LogP contribution in [0.25, 0.3) is 0 Å². The smallest absolute Gasteiger partial charge is 0.306 e. The number of hydrogen-bond acceptors (Lipinski definition) is 10. The fourth-order valence-electron chi connectivity index (χ4n) is 5.21. The Kier molecular flexibility index (Phi) is 36.7. The van der Waals surface area contributed by atoms with Gasteiger partial charge in [0.05, 0.1) is 40.0 Å². The molecule has 0 saturated carbocycles. The van der Waals surface area contributed by atoms with Gasteiger partial charge in [-0.25, -0.2) is 0 Å². The van der Waals surface area contributed by atoms with Gasteiger partial charge in [-0.15, -0.1) is 0 Å². The number of ether oxygens (including phenoxy) is 2. The quantitative estimate of drug-likeness (QED) is 0.0153. The third-order valence-electron chi connectivity index (χ3n) is 8.78. The topological polar surface area (TPSA) is 152 Å². The van der Waals surface area contributed by atoms with Crippen LogP contribution >= 0.6 is 7.82 Å². The Morgan fingerprint density at radius 3 is 1.68 bits per heavy atom. The van der Waals surface area contributed by atoms with Crippen LogP contribution in [0.1, 0.15) is 129 Å². The molecule has 4 atom stereocenters. The van der Waals surface area contributed by atoms with E-state index >= 15 is 0 Å². The number of nitrogens with zero attached hydrogens (tertiary/aromatic N) is 1. The molecule has 0 aromatic carbocycles. The van der Waals surface area contributed by atoms with Crippen LogP contribution < -0.4 is 4.89 Å².